The van der Waals surface area contributed by atoms with Gasteiger partial charge in [-0.1, -0.05) is 42.5 Å². The molecule has 0 fully saturated rings. The third-order valence-corrected chi connectivity index (χ3v) is 5.43. The standard InChI is InChI=1S/C27H24N2O5/c1-17(2)34-21-11-7-6-10-20(21)29-26(30)24(18-8-4-3-5-9-18)25(27(29)31)28-19-12-13-22-23(16-19)33-15-14-32-22/h3-13,16-17,28H,14-15H2,1-2H3. The van der Waals surface area contributed by atoms with Crippen LogP contribution in [0.4, 0.5) is 11.4 Å². The molecule has 2 aliphatic rings. The number of ether oxygens (including phenoxy) is 3. The van der Waals surface area contributed by atoms with E-state index in [2.05, 4.69) is 5.32 Å². The maximum atomic E-state index is 13.7. The Balaban J connectivity index is 1.57. The van der Waals surface area contributed by atoms with E-state index in [0.717, 1.165) is 0 Å². The average molecular weight is 456 g/mol. The normalized spacial score (nSPS) is 15.2. The average Bonchev–Trinajstić information content (AvgIpc) is 3.08. The van der Waals surface area contributed by atoms with Crippen LogP contribution in [0.1, 0.15) is 19.4 Å². The Bertz CT molecular complexity index is 1280. The lowest BCUT2D eigenvalue weighted by Crippen LogP contribution is -2.33. The molecule has 0 unspecified atom stereocenters. The van der Waals surface area contributed by atoms with Crippen LogP contribution in [0.15, 0.2) is 78.5 Å². The molecule has 3 aromatic rings. The van der Waals surface area contributed by atoms with Crippen molar-refractivity contribution in [3.05, 3.63) is 84.1 Å². The summed E-state index contributed by atoms with van der Waals surface area (Å²) in [6.45, 7) is 4.73. The third-order valence-electron chi connectivity index (χ3n) is 5.43. The van der Waals surface area contributed by atoms with Crippen molar-refractivity contribution in [1.82, 2.24) is 0 Å². The molecular weight excluding hydrogens is 432 g/mol. The first-order valence-electron chi connectivity index (χ1n) is 11.1. The summed E-state index contributed by atoms with van der Waals surface area (Å²) in [5, 5.41) is 3.17. The number of rotatable bonds is 6. The van der Waals surface area contributed by atoms with Crippen LogP contribution in [-0.2, 0) is 9.59 Å². The molecule has 172 valence electrons. The number of benzene rings is 3. The molecule has 1 N–H and O–H groups in total. The molecular formula is C27H24N2O5. The molecule has 0 aliphatic carbocycles. The van der Waals surface area contributed by atoms with E-state index in [1.807, 2.05) is 50.2 Å². The van der Waals surface area contributed by atoms with Gasteiger partial charge >= 0.3 is 0 Å². The monoisotopic (exact) mass is 456 g/mol. The fraction of sp³-hybridized carbons (Fsp3) is 0.185. The van der Waals surface area contributed by atoms with E-state index in [4.69, 9.17) is 14.2 Å². The van der Waals surface area contributed by atoms with Crippen LogP contribution in [0, 0.1) is 0 Å². The molecule has 2 heterocycles. The highest BCUT2D eigenvalue weighted by molar-refractivity contribution is 6.46. The number of nitrogens with one attached hydrogen (secondary N) is 1. The molecule has 0 atom stereocenters. The second kappa shape index (κ2) is 8.94. The van der Waals surface area contributed by atoms with E-state index in [-0.39, 0.29) is 11.8 Å². The largest absolute Gasteiger partial charge is 0.489 e. The van der Waals surface area contributed by atoms with Crippen LogP contribution >= 0.6 is 0 Å². The summed E-state index contributed by atoms with van der Waals surface area (Å²) in [6.07, 6.45) is -0.120. The molecule has 5 rings (SSSR count). The van der Waals surface area contributed by atoms with Crippen LogP contribution in [-0.4, -0.2) is 31.1 Å². The number of nitrogens with zero attached hydrogens (tertiary/aromatic N) is 1. The van der Waals surface area contributed by atoms with E-state index in [1.165, 1.54) is 4.90 Å². The molecule has 0 spiro atoms. The smallest absolute Gasteiger partial charge is 0.282 e. The van der Waals surface area contributed by atoms with Gasteiger partial charge in [-0.3, -0.25) is 9.59 Å². The number of fused-ring (bicyclic) bond motifs is 1. The Hall–Kier alpha value is -4.26. The number of anilines is 2. The van der Waals surface area contributed by atoms with Crippen molar-refractivity contribution in [3.63, 3.8) is 0 Å². The number of amides is 2. The Morgan fingerprint density at radius 3 is 2.32 bits per heavy atom. The lowest BCUT2D eigenvalue weighted by atomic mass is 10.0. The summed E-state index contributed by atoms with van der Waals surface area (Å²) in [7, 11) is 0. The van der Waals surface area contributed by atoms with Crippen molar-refractivity contribution < 1.29 is 23.8 Å². The predicted molar refractivity (Wildman–Crippen MR) is 129 cm³/mol. The number of hydrogen-bond acceptors (Lipinski definition) is 6. The molecule has 0 radical (unpaired) electrons. The Labute approximate surface area is 197 Å². The van der Waals surface area contributed by atoms with Gasteiger partial charge in [-0.25, -0.2) is 4.90 Å². The highest BCUT2D eigenvalue weighted by Gasteiger charge is 2.41. The van der Waals surface area contributed by atoms with Crippen LogP contribution in [0.2, 0.25) is 0 Å². The number of para-hydroxylation sites is 2. The summed E-state index contributed by atoms with van der Waals surface area (Å²) in [5.74, 6) is 0.813. The molecule has 3 aromatic carbocycles. The van der Waals surface area contributed by atoms with Gasteiger partial charge in [0.2, 0.25) is 0 Å². The molecule has 0 saturated heterocycles. The maximum absolute atomic E-state index is 13.7. The van der Waals surface area contributed by atoms with E-state index in [1.54, 1.807) is 36.4 Å². The van der Waals surface area contributed by atoms with Gasteiger partial charge in [0, 0.05) is 11.8 Å². The van der Waals surface area contributed by atoms with Crippen LogP contribution in [0.3, 0.4) is 0 Å². The van der Waals surface area contributed by atoms with Crippen LogP contribution in [0.25, 0.3) is 5.57 Å². The lowest BCUT2D eigenvalue weighted by Gasteiger charge is -2.21. The zero-order valence-electron chi connectivity index (χ0n) is 18.9. The number of carbonyl (C=O) groups excluding carboxylic acids is 2. The highest BCUT2D eigenvalue weighted by Crippen LogP contribution is 2.39. The van der Waals surface area contributed by atoms with Gasteiger partial charge in [-0.2, -0.15) is 0 Å². The van der Waals surface area contributed by atoms with Gasteiger partial charge in [0.05, 0.1) is 17.4 Å². The minimum Gasteiger partial charge on any atom is -0.489 e. The number of hydrogen-bond donors (Lipinski definition) is 1. The minimum absolute atomic E-state index is 0.120. The second-order valence-electron chi connectivity index (χ2n) is 8.18. The molecule has 2 aliphatic heterocycles. The zero-order valence-corrected chi connectivity index (χ0v) is 18.9. The summed E-state index contributed by atoms with van der Waals surface area (Å²) in [6, 6.07) is 21.5. The van der Waals surface area contributed by atoms with Crippen molar-refractivity contribution in [3.8, 4) is 17.2 Å². The van der Waals surface area contributed by atoms with Gasteiger partial charge in [-0.15, -0.1) is 0 Å². The van der Waals surface area contributed by atoms with Gasteiger partial charge in [-0.05, 0) is 43.7 Å². The van der Waals surface area contributed by atoms with Crippen molar-refractivity contribution in [2.75, 3.05) is 23.4 Å². The zero-order chi connectivity index (χ0) is 23.7. The van der Waals surface area contributed by atoms with Crippen molar-refractivity contribution in [2.24, 2.45) is 0 Å². The molecule has 34 heavy (non-hydrogen) atoms. The Kier molecular flexibility index (Phi) is 5.67. The summed E-state index contributed by atoms with van der Waals surface area (Å²) in [4.78, 5) is 28.6. The van der Waals surface area contributed by atoms with Crippen molar-refractivity contribution in [1.29, 1.82) is 0 Å². The third kappa shape index (κ3) is 3.96. The fourth-order valence-corrected chi connectivity index (χ4v) is 4.00. The second-order valence-corrected chi connectivity index (χ2v) is 8.18. The first-order valence-corrected chi connectivity index (χ1v) is 11.1. The SMILES string of the molecule is CC(C)Oc1ccccc1N1C(=O)C(Nc2ccc3c(c2)OCCO3)=C(c2ccccc2)C1=O. The van der Waals surface area contributed by atoms with E-state index in [9.17, 15) is 9.59 Å². The van der Waals surface area contributed by atoms with Crippen LogP contribution < -0.4 is 24.4 Å². The van der Waals surface area contributed by atoms with Crippen LogP contribution in [0.5, 0.6) is 17.2 Å². The van der Waals surface area contributed by atoms with E-state index >= 15 is 0 Å². The summed E-state index contributed by atoms with van der Waals surface area (Å²) >= 11 is 0. The van der Waals surface area contributed by atoms with Gasteiger partial charge < -0.3 is 19.5 Å². The minimum atomic E-state index is -0.460. The topological polar surface area (TPSA) is 77.1 Å². The lowest BCUT2D eigenvalue weighted by molar-refractivity contribution is -0.120. The molecule has 2 amide bonds. The van der Waals surface area contributed by atoms with Gasteiger partial charge in [0.1, 0.15) is 24.7 Å². The molecule has 7 heteroatoms. The van der Waals surface area contributed by atoms with Crippen molar-refractivity contribution >= 4 is 28.8 Å². The Morgan fingerprint density at radius 2 is 1.56 bits per heavy atom. The highest BCUT2D eigenvalue weighted by atomic mass is 16.6. The fourth-order valence-electron chi connectivity index (χ4n) is 4.00. The predicted octanol–water partition coefficient (Wildman–Crippen LogP) is 4.64. The Morgan fingerprint density at radius 1 is 0.853 bits per heavy atom. The molecule has 7 nitrogen and oxygen atoms in total. The maximum Gasteiger partial charge on any atom is 0.282 e. The van der Waals surface area contributed by atoms with Gasteiger partial charge in [0.25, 0.3) is 11.8 Å². The number of imide groups is 1. The number of carbonyl (C=O) groups is 2. The van der Waals surface area contributed by atoms with Crippen molar-refractivity contribution in [2.45, 2.75) is 20.0 Å². The first kappa shape index (κ1) is 21.6. The molecule has 0 saturated carbocycles. The summed E-state index contributed by atoms with van der Waals surface area (Å²) in [5.41, 5.74) is 2.14. The summed E-state index contributed by atoms with van der Waals surface area (Å²) < 4.78 is 17.2. The quantitative estimate of drug-likeness (QED) is 0.545. The molecule has 0 aromatic heterocycles. The van der Waals surface area contributed by atoms with Gasteiger partial charge in [0.15, 0.2) is 11.5 Å². The first-order chi connectivity index (χ1) is 16.5. The van der Waals surface area contributed by atoms with E-state index < -0.39 is 11.8 Å². The van der Waals surface area contributed by atoms with E-state index in [0.29, 0.717) is 53.0 Å². The molecule has 0 bridgehead atoms.